The Kier molecular flexibility index (Phi) is 9.64. The highest BCUT2D eigenvalue weighted by molar-refractivity contribution is 6.32. The largest absolute Gasteiger partial charge is 0.506 e. The van der Waals surface area contributed by atoms with Crippen LogP contribution < -0.4 is 20.3 Å². The number of quaternary nitrogens is 2. The van der Waals surface area contributed by atoms with E-state index in [2.05, 4.69) is 22.8 Å². The fourth-order valence-corrected chi connectivity index (χ4v) is 4.24. The van der Waals surface area contributed by atoms with Crippen LogP contribution in [0.3, 0.4) is 0 Å². The van der Waals surface area contributed by atoms with E-state index in [1.165, 1.54) is 17.7 Å². The number of aliphatic hydroxyl groups excluding tert-OH is 1. The lowest BCUT2D eigenvalue weighted by Crippen LogP contribution is -3.13. The van der Waals surface area contributed by atoms with Gasteiger partial charge in [0.2, 0.25) is 5.91 Å². The molecular formula is C24H33Cl2N3O4+2. The smallest absolute Gasteiger partial charge is 0.224 e. The number of ether oxygens (including phenoxy) is 1. The van der Waals surface area contributed by atoms with Crippen LogP contribution in [0.25, 0.3) is 0 Å². The quantitative estimate of drug-likeness (QED) is 0.322. The minimum absolute atomic E-state index is 0.0488. The molecule has 0 spiro atoms. The minimum Gasteiger partial charge on any atom is -0.506 e. The second-order valence-electron chi connectivity index (χ2n) is 8.53. The molecule has 180 valence electrons. The second kappa shape index (κ2) is 12.4. The molecule has 0 aliphatic carbocycles. The van der Waals surface area contributed by atoms with Crippen LogP contribution >= 0.6 is 23.2 Å². The van der Waals surface area contributed by atoms with Gasteiger partial charge >= 0.3 is 0 Å². The lowest BCUT2D eigenvalue weighted by molar-refractivity contribution is -0.926. The van der Waals surface area contributed by atoms with Gasteiger partial charge in [0.15, 0.2) is 0 Å². The first-order chi connectivity index (χ1) is 15.8. The molecule has 0 bridgehead atoms. The van der Waals surface area contributed by atoms with Crippen molar-refractivity contribution in [3.05, 3.63) is 52.0 Å². The number of phenols is 1. The predicted molar refractivity (Wildman–Crippen MR) is 129 cm³/mol. The number of likely N-dealkylation sites (tertiary alicyclic amines) is 1. The Morgan fingerprint density at radius 1 is 1.24 bits per heavy atom. The van der Waals surface area contributed by atoms with Crippen LogP contribution in [0, 0.1) is 0 Å². The van der Waals surface area contributed by atoms with Gasteiger partial charge in [-0.3, -0.25) is 4.79 Å². The molecule has 0 aromatic heterocycles. The highest BCUT2D eigenvalue weighted by Crippen LogP contribution is 2.35. The predicted octanol–water partition coefficient (Wildman–Crippen LogP) is 1.60. The molecule has 7 nitrogen and oxygen atoms in total. The van der Waals surface area contributed by atoms with Gasteiger partial charge in [-0.25, -0.2) is 0 Å². The molecule has 6 N–H and O–H groups in total. The van der Waals surface area contributed by atoms with Gasteiger partial charge in [0.05, 0.1) is 29.8 Å². The van der Waals surface area contributed by atoms with Gasteiger partial charge in [0.25, 0.3) is 0 Å². The van der Waals surface area contributed by atoms with E-state index in [9.17, 15) is 15.0 Å². The highest BCUT2D eigenvalue weighted by atomic mass is 35.5. The number of halogens is 2. The van der Waals surface area contributed by atoms with Crippen molar-refractivity contribution in [3.8, 4) is 11.5 Å². The van der Waals surface area contributed by atoms with E-state index in [1.54, 1.807) is 11.8 Å². The number of aliphatic hydroxyl groups is 1. The molecule has 1 aliphatic heterocycles. The van der Waals surface area contributed by atoms with E-state index in [0.29, 0.717) is 24.7 Å². The molecule has 1 heterocycles. The number of carbonyl (C=O) groups excluding carboxylic acids is 1. The van der Waals surface area contributed by atoms with Gasteiger partial charge in [0.1, 0.15) is 37.3 Å². The molecule has 9 heteroatoms. The number of amides is 1. The van der Waals surface area contributed by atoms with Crippen molar-refractivity contribution < 1.29 is 30.0 Å². The number of hydrogen-bond acceptors (Lipinski definition) is 4. The molecule has 1 aliphatic rings. The summed E-state index contributed by atoms with van der Waals surface area (Å²) >= 11 is 11.9. The third-order valence-electron chi connectivity index (χ3n) is 5.92. The molecule has 33 heavy (non-hydrogen) atoms. The van der Waals surface area contributed by atoms with Crippen LogP contribution in [0.5, 0.6) is 11.5 Å². The Balaban J connectivity index is 1.41. The van der Waals surface area contributed by atoms with Gasteiger partial charge in [-0.15, -0.1) is 0 Å². The molecule has 1 saturated heterocycles. The Morgan fingerprint density at radius 3 is 2.61 bits per heavy atom. The maximum Gasteiger partial charge on any atom is 0.224 e. The van der Waals surface area contributed by atoms with Crippen LogP contribution in [0.1, 0.15) is 31.7 Å². The summed E-state index contributed by atoms with van der Waals surface area (Å²) in [5.74, 6) is -0.0630. The summed E-state index contributed by atoms with van der Waals surface area (Å²) in [6, 6.07) is 11.3. The molecule has 1 amide bonds. The number of nitrogens with two attached hydrogens (primary N) is 1. The molecule has 2 aromatic carbocycles. The number of benzene rings is 2. The first-order valence-corrected chi connectivity index (χ1v) is 12.1. The second-order valence-corrected chi connectivity index (χ2v) is 9.37. The van der Waals surface area contributed by atoms with Crippen molar-refractivity contribution in [2.45, 2.75) is 44.9 Å². The van der Waals surface area contributed by atoms with E-state index in [0.717, 1.165) is 37.5 Å². The van der Waals surface area contributed by atoms with Crippen LogP contribution in [0.4, 0.5) is 5.69 Å². The SMILES string of the molecule is CCC(=O)Nc1cc(Cl)c(O)cc1OC[C@@H](O)C[NH2+]C1CC[NH+](Cc2ccc(Cl)cc2)CC1. The Morgan fingerprint density at radius 2 is 1.94 bits per heavy atom. The van der Waals surface area contributed by atoms with Gasteiger partial charge in [0, 0.05) is 35.9 Å². The van der Waals surface area contributed by atoms with Gasteiger partial charge in [-0.05, 0) is 18.2 Å². The topological polar surface area (TPSA) is 99.8 Å². The molecule has 0 unspecified atom stereocenters. The number of carbonyl (C=O) groups is 1. The summed E-state index contributed by atoms with van der Waals surface area (Å²) in [5, 5.41) is 26.1. The zero-order chi connectivity index (χ0) is 23.8. The summed E-state index contributed by atoms with van der Waals surface area (Å²) < 4.78 is 5.69. The third-order valence-corrected chi connectivity index (χ3v) is 6.48. The number of piperidine rings is 1. The first-order valence-electron chi connectivity index (χ1n) is 11.4. The Bertz CT molecular complexity index is 919. The molecule has 1 atom stereocenters. The third kappa shape index (κ3) is 8.05. The molecule has 0 radical (unpaired) electrons. The van der Waals surface area contributed by atoms with Crippen LogP contribution in [-0.2, 0) is 11.3 Å². The molecule has 3 rings (SSSR count). The van der Waals surface area contributed by atoms with Crippen molar-refractivity contribution in [2.24, 2.45) is 0 Å². The van der Waals surface area contributed by atoms with E-state index in [-0.39, 0.29) is 29.0 Å². The van der Waals surface area contributed by atoms with Crippen molar-refractivity contribution in [2.75, 3.05) is 31.6 Å². The monoisotopic (exact) mass is 497 g/mol. The average Bonchev–Trinajstić information content (AvgIpc) is 2.81. The number of hydrogen-bond donors (Lipinski definition) is 5. The average molecular weight is 498 g/mol. The van der Waals surface area contributed by atoms with E-state index >= 15 is 0 Å². The number of phenolic OH excluding ortho intramolecular Hbond substituents is 1. The molecular weight excluding hydrogens is 465 g/mol. The standard InChI is InChI=1S/C24H31Cl2N3O4/c1-2-24(32)28-21-11-20(26)22(31)12-23(21)33-15-19(30)13-27-18-7-9-29(10-8-18)14-16-3-5-17(25)6-4-16/h3-6,11-12,18-19,27,30-31H,2,7-10,13-15H2,1H3,(H,28,32)/p+2/t19-/m0/s1. The number of aromatic hydroxyl groups is 1. The normalized spacial score (nSPS) is 19.2. The van der Waals surface area contributed by atoms with Crippen LogP contribution in [-0.4, -0.2) is 54.5 Å². The van der Waals surface area contributed by atoms with Crippen molar-refractivity contribution in [1.82, 2.24) is 0 Å². The Hall–Kier alpha value is -2.03. The minimum atomic E-state index is -0.683. The van der Waals surface area contributed by atoms with Crippen molar-refractivity contribution in [3.63, 3.8) is 0 Å². The number of nitrogens with one attached hydrogen (secondary N) is 2. The number of rotatable bonds is 10. The highest BCUT2D eigenvalue weighted by Gasteiger charge is 2.25. The summed E-state index contributed by atoms with van der Waals surface area (Å²) in [6.45, 7) is 5.51. The fourth-order valence-electron chi connectivity index (χ4n) is 3.95. The van der Waals surface area contributed by atoms with Gasteiger partial charge in [-0.1, -0.05) is 42.3 Å². The van der Waals surface area contributed by atoms with Crippen LogP contribution in [0.15, 0.2) is 36.4 Å². The van der Waals surface area contributed by atoms with Gasteiger partial charge in [-0.2, -0.15) is 0 Å². The van der Waals surface area contributed by atoms with Crippen molar-refractivity contribution in [1.29, 1.82) is 0 Å². The Labute approximate surface area is 204 Å². The summed E-state index contributed by atoms with van der Waals surface area (Å²) in [6.07, 6.45) is 1.80. The zero-order valence-electron chi connectivity index (χ0n) is 18.8. The van der Waals surface area contributed by atoms with E-state index in [4.69, 9.17) is 27.9 Å². The first kappa shape index (κ1) is 25.6. The van der Waals surface area contributed by atoms with Gasteiger partial charge < -0.3 is 30.5 Å². The van der Waals surface area contributed by atoms with Crippen LogP contribution in [0.2, 0.25) is 10.0 Å². The summed E-state index contributed by atoms with van der Waals surface area (Å²) in [4.78, 5) is 13.3. The summed E-state index contributed by atoms with van der Waals surface area (Å²) in [7, 11) is 0. The fraction of sp³-hybridized carbons (Fsp3) is 0.458. The van der Waals surface area contributed by atoms with E-state index < -0.39 is 6.10 Å². The van der Waals surface area contributed by atoms with E-state index in [1.807, 2.05) is 12.1 Å². The molecule has 0 saturated carbocycles. The number of anilines is 1. The maximum atomic E-state index is 11.8. The maximum absolute atomic E-state index is 11.8. The lowest BCUT2D eigenvalue weighted by Gasteiger charge is -2.28. The summed E-state index contributed by atoms with van der Waals surface area (Å²) in [5.41, 5.74) is 1.67. The molecule has 2 aromatic rings. The van der Waals surface area contributed by atoms with Crippen molar-refractivity contribution >= 4 is 34.8 Å². The lowest BCUT2D eigenvalue weighted by atomic mass is 10.0. The zero-order valence-corrected chi connectivity index (χ0v) is 20.3. The molecule has 1 fully saturated rings.